The molecule has 2 aromatic rings. The number of hydrogen-bond donors (Lipinski definition) is 4. The van der Waals surface area contributed by atoms with E-state index in [9.17, 15) is 15.0 Å². The summed E-state index contributed by atoms with van der Waals surface area (Å²) >= 11 is 0. The number of nitrogens with two attached hydrogens (primary N) is 1. The van der Waals surface area contributed by atoms with Crippen molar-refractivity contribution in [1.29, 1.82) is 5.26 Å². The molecule has 0 aliphatic rings. The van der Waals surface area contributed by atoms with Crippen LogP contribution in [0.5, 0.6) is 17.2 Å². The minimum absolute atomic E-state index is 0.00863. The lowest BCUT2D eigenvalue weighted by Crippen LogP contribution is -2.33. The van der Waals surface area contributed by atoms with Gasteiger partial charge in [-0.25, -0.2) is 0 Å². The first-order chi connectivity index (χ1) is 13.0. The molecule has 1 amide bonds. The predicted octanol–water partition coefficient (Wildman–Crippen LogP) is 0.771. The number of benzene rings is 2. The molecular weight excluding hydrogens is 350 g/mol. The molecule has 0 fully saturated rings. The molecule has 0 heterocycles. The molecular formula is C19H21N3O5. The summed E-state index contributed by atoms with van der Waals surface area (Å²) in [5.41, 5.74) is 5.56. The molecule has 0 aliphatic carbocycles. The van der Waals surface area contributed by atoms with Gasteiger partial charge in [0.1, 0.15) is 42.6 Å². The van der Waals surface area contributed by atoms with Crippen LogP contribution >= 0.6 is 0 Å². The minimum atomic E-state index is -0.758. The standard InChI is InChI=1S/C19H21N3O5/c20-10-13-3-1-2-4-18(13)27-12-14(23)11-22-7-8-26-15-5-6-17(24)16(9-15)19(21)25/h1-6,9,14,22-24H,7-8,11-12H2,(H2,21,25). The molecule has 0 bridgehead atoms. The molecule has 0 saturated heterocycles. The van der Waals surface area contributed by atoms with Crippen molar-refractivity contribution in [3.8, 4) is 23.3 Å². The van der Waals surface area contributed by atoms with Gasteiger partial charge in [0.05, 0.1) is 11.1 Å². The lowest BCUT2D eigenvalue weighted by molar-refractivity contribution is 0.0996. The highest BCUT2D eigenvalue weighted by molar-refractivity contribution is 5.95. The Balaban J connectivity index is 1.67. The summed E-state index contributed by atoms with van der Waals surface area (Å²) in [6.45, 7) is 1.05. The van der Waals surface area contributed by atoms with Crippen LogP contribution in [0.15, 0.2) is 42.5 Å². The molecule has 142 valence electrons. The van der Waals surface area contributed by atoms with Crippen molar-refractivity contribution in [2.75, 3.05) is 26.3 Å². The number of aliphatic hydroxyl groups is 1. The van der Waals surface area contributed by atoms with Crippen molar-refractivity contribution in [1.82, 2.24) is 5.32 Å². The van der Waals surface area contributed by atoms with Crippen LogP contribution in [0, 0.1) is 11.3 Å². The monoisotopic (exact) mass is 371 g/mol. The van der Waals surface area contributed by atoms with Gasteiger partial charge in [0.15, 0.2) is 0 Å². The average Bonchev–Trinajstić information content (AvgIpc) is 2.67. The number of aromatic hydroxyl groups is 1. The lowest BCUT2D eigenvalue weighted by Gasteiger charge is -2.14. The summed E-state index contributed by atoms with van der Waals surface area (Å²) in [6.07, 6.45) is -0.758. The number of phenols is 1. The Kier molecular flexibility index (Phi) is 7.43. The van der Waals surface area contributed by atoms with Crippen molar-refractivity contribution in [2.45, 2.75) is 6.10 Å². The second-order valence-corrected chi connectivity index (χ2v) is 5.67. The number of hydrogen-bond acceptors (Lipinski definition) is 7. The lowest BCUT2D eigenvalue weighted by atomic mass is 10.2. The van der Waals surface area contributed by atoms with E-state index in [0.29, 0.717) is 23.6 Å². The molecule has 0 aromatic heterocycles. The van der Waals surface area contributed by atoms with E-state index in [4.69, 9.17) is 20.5 Å². The number of para-hydroxylation sites is 1. The first kappa shape index (κ1) is 20.0. The molecule has 0 radical (unpaired) electrons. The topological polar surface area (TPSA) is 138 Å². The zero-order chi connectivity index (χ0) is 19.6. The van der Waals surface area contributed by atoms with Crippen LogP contribution in [0.3, 0.4) is 0 Å². The molecule has 8 nitrogen and oxygen atoms in total. The van der Waals surface area contributed by atoms with E-state index in [1.165, 1.54) is 18.2 Å². The maximum absolute atomic E-state index is 11.2. The number of ether oxygens (including phenoxy) is 2. The number of nitrogens with one attached hydrogen (secondary N) is 1. The predicted molar refractivity (Wildman–Crippen MR) is 97.6 cm³/mol. The summed E-state index contributed by atoms with van der Waals surface area (Å²) in [7, 11) is 0. The van der Waals surface area contributed by atoms with Crippen LogP contribution in [-0.2, 0) is 0 Å². The average molecular weight is 371 g/mol. The molecule has 2 aromatic carbocycles. The van der Waals surface area contributed by atoms with Crippen LogP contribution < -0.4 is 20.5 Å². The molecule has 1 atom stereocenters. The van der Waals surface area contributed by atoms with Gasteiger partial charge in [-0.15, -0.1) is 0 Å². The summed E-state index contributed by atoms with van der Waals surface area (Å²) in [5, 5.41) is 31.4. The maximum Gasteiger partial charge on any atom is 0.252 e. The van der Waals surface area contributed by atoms with Crippen LogP contribution in [-0.4, -0.2) is 48.5 Å². The van der Waals surface area contributed by atoms with E-state index < -0.39 is 12.0 Å². The van der Waals surface area contributed by atoms with Crippen LogP contribution in [0.2, 0.25) is 0 Å². The summed E-state index contributed by atoms with van der Waals surface area (Å²) in [5.74, 6) is -0.105. The van der Waals surface area contributed by atoms with Gasteiger partial charge in [-0.05, 0) is 30.3 Å². The zero-order valence-corrected chi connectivity index (χ0v) is 14.6. The van der Waals surface area contributed by atoms with Gasteiger partial charge in [0, 0.05) is 13.1 Å². The zero-order valence-electron chi connectivity index (χ0n) is 14.6. The molecule has 27 heavy (non-hydrogen) atoms. The summed E-state index contributed by atoms with van der Waals surface area (Å²) in [4.78, 5) is 11.2. The third-order valence-electron chi connectivity index (χ3n) is 3.60. The van der Waals surface area contributed by atoms with E-state index in [1.807, 2.05) is 6.07 Å². The molecule has 0 aliphatic heterocycles. The van der Waals surface area contributed by atoms with Gasteiger partial charge in [0.2, 0.25) is 0 Å². The first-order valence-corrected chi connectivity index (χ1v) is 8.27. The largest absolute Gasteiger partial charge is 0.507 e. The SMILES string of the molecule is N#Cc1ccccc1OCC(O)CNCCOc1ccc(O)c(C(N)=O)c1. The van der Waals surface area contributed by atoms with E-state index >= 15 is 0 Å². The van der Waals surface area contributed by atoms with Gasteiger partial charge < -0.3 is 30.7 Å². The number of aliphatic hydroxyl groups excluding tert-OH is 1. The van der Waals surface area contributed by atoms with Gasteiger partial charge in [0.25, 0.3) is 5.91 Å². The molecule has 0 saturated carbocycles. The quantitative estimate of drug-likeness (QED) is 0.453. The van der Waals surface area contributed by atoms with Crippen molar-refractivity contribution in [2.24, 2.45) is 5.73 Å². The Morgan fingerprint density at radius 2 is 2.04 bits per heavy atom. The Hall–Kier alpha value is -3.28. The van der Waals surface area contributed by atoms with Crippen molar-refractivity contribution in [3.63, 3.8) is 0 Å². The Morgan fingerprint density at radius 3 is 2.78 bits per heavy atom. The molecule has 2 rings (SSSR count). The van der Waals surface area contributed by atoms with Gasteiger partial charge in [-0.3, -0.25) is 4.79 Å². The van der Waals surface area contributed by atoms with Crippen LogP contribution in [0.4, 0.5) is 0 Å². The van der Waals surface area contributed by atoms with Crippen LogP contribution in [0.1, 0.15) is 15.9 Å². The smallest absolute Gasteiger partial charge is 0.252 e. The Morgan fingerprint density at radius 1 is 1.26 bits per heavy atom. The maximum atomic E-state index is 11.2. The Bertz CT molecular complexity index is 819. The second kappa shape index (κ2) is 10.0. The van der Waals surface area contributed by atoms with E-state index in [-0.39, 0.29) is 31.1 Å². The number of primary amides is 1. The van der Waals surface area contributed by atoms with Crippen molar-refractivity contribution >= 4 is 5.91 Å². The van der Waals surface area contributed by atoms with Gasteiger partial charge in [-0.2, -0.15) is 5.26 Å². The van der Waals surface area contributed by atoms with E-state index in [2.05, 4.69) is 5.32 Å². The number of nitrogens with zero attached hydrogens (tertiary/aromatic N) is 1. The first-order valence-electron chi connectivity index (χ1n) is 8.27. The fourth-order valence-electron chi connectivity index (χ4n) is 2.24. The number of amides is 1. The van der Waals surface area contributed by atoms with E-state index in [0.717, 1.165) is 0 Å². The minimum Gasteiger partial charge on any atom is -0.507 e. The summed E-state index contributed by atoms with van der Waals surface area (Å²) < 4.78 is 10.9. The van der Waals surface area contributed by atoms with Crippen LogP contribution in [0.25, 0.3) is 0 Å². The fourth-order valence-corrected chi connectivity index (χ4v) is 2.24. The highest BCUT2D eigenvalue weighted by atomic mass is 16.5. The third-order valence-corrected chi connectivity index (χ3v) is 3.60. The molecule has 1 unspecified atom stereocenters. The van der Waals surface area contributed by atoms with Gasteiger partial charge in [-0.1, -0.05) is 12.1 Å². The van der Waals surface area contributed by atoms with Gasteiger partial charge >= 0.3 is 0 Å². The second-order valence-electron chi connectivity index (χ2n) is 5.67. The fraction of sp³-hybridized carbons (Fsp3) is 0.263. The number of rotatable bonds is 10. The van der Waals surface area contributed by atoms with Crippen molar-refractivity contribution in [3.05, 3.63) is 53.6 Å². The number of carbonyl (C=O) groups excluding carboxylic acids is 1. The van der Waals surface area contributed by atoms with E-state index in [1.54, 1.807) is 24.3 Å². The Labute approximate surface area is 156 Å². The third kappa shape index (κ3) is 6.18. The molecule has 5 N–H and O–H groups in total. The highest BCUT2D eigenvalue weighted by Crippen LogP contribution is 2.22. The summed E-state index contributed by atoms with van der Waals surface area (Å²) in [6, 6.07) is 13.1. The normalized spacial score (nSPS) is 11.4. The number of carbonyl (C=O) groups is 1. The highest BCUT2D eigenvalue weighted by Gasteiger charge is 2.10. The molecule has 8 heteroatoms. The molecule has 0 spiro atoms. The number of nitriles is 1. The van der Waals surface area contributed by atoms with Crippen molar-refractivity contribution < 1.29 is 24.5 Å².